The van der Waals surface area contributed by atoms with E-state index in [4.69, 9.17) is 0 Å². The van der Waals surface area contributed by atoms with E-state index in [0.29, 0.717) is 29.9 Å². The zero-order valence-corrected chi connectivity index (χ0v) is 16.6. The molecule has 0 spiro atoms. The van der Waals surface area contributed by atoms with Gasteiger partial charge in [0.15, 0.2) is 0 Å². The molecule has 0 aliphatic carbocycles. The molecule has 3 heteroatoms. The molecule has 0 aliphatic heterocycles. The van der Waals surface area contributed by atoms with Gasteiger partial charge >= 0.3 is 136 Å². The van der Waals surface area contributed by atoms with E-state index >= 15 is 0 Å². The zero-order chi connectivity index (χ0) is 14.4. The van der Waals surface area contributed by atoms with Crippen molar-refractivity contribution in [3.05, 3.63) is 69.7 Å². The summed E-state index contributed by atoms with van der Waals surface area (Å²) in [4.78, 5) is 2.56. The summed E-state index contributed by atoms with van der Waals surface area (Å²) in [5.74, 6) is 0. The topological polar surface area (TPSA) is 0 Å². The van der Waals surface area contributed by atoms with Crippen molar-refractivity contribution >= 4 is 46.9 Å². The second kappa shape index (κ2) is 7.45. The van der Waals surface area contributed by atoms with Crippen molar-refractivity contribution in [3.63, 3.8) is 0 Å². The van der Waals surface area contributed by atoms with Crippen molar-refractivity contribution in [3.8, 4) is 0 Å². The fourth-order valence-electron chi connectivity index (χ4n) is 1.59. The van der Waals surface area contributed by atoms with Gasteiger partial charge < -0.3 is 0 Å². The van der Waals surface area contributed by atoms with Crippen molar-refractivity contribution in [1.29, 1.82) is 0 Å². The van der Waals surface area contributed by atoms with E-state index in [1.165, 1.54) is 8.92 Å². The molecule has 2 rings (SSSR count). The minimum absolute atomic E-state index is 0.466. The third kappa shape index (κ3) is 5.08. The van der Waals surface area contributed by atoms with E-state index < -0.39 is 8.07 Å². The molecule has 104 valence electrons. The summed E-state index contributed by atoms with van der Waals surface area (Å²) < 4.78 is 4.71. The molecular formula is C17H20Se2Si. The van der Waals surface area contributed by atoms with Gasteiger partial charge in [0.25, 0.3) is 0 Å². The average molecular weight is 410 g/mol. The predicted molar refractivity (Wildman–Crippen MR) is 95.1 cm³/mol. The molecular weight excluding hydrogens is 390 g/mol. The van der Waals surface area contributed by atoms with Crippen molar-refractivity contribution in [1.82, 2.24) is 0 Å². The Hall–Kier alpha value is -0.564. The molecule has 0 heterocycles. The van der Waals surface area contributed by atoms with Crippen molar-refractivity contribution in [2.24, 2.45) is 0 Å². The monoisotopic (exact) mass is 412 g/mol. The minimum atomic E-state index is -1.22. The van der Waals surface area contributed by atoms with Gasteiger partial charge in [-0.25, -0.2) is 0 Å². The fraction of sp³-hybridized carbons (Fsp3) is 0.176. The SMILES string of the molecule is C[Si](C)(C)/C(=C\[Se]c1ccccc1)[Se]c1ccccc1. The zero-order valence-electron chi connectivity index (χ0n) is 12.2. The predicted octanol–water partition coefficient (Wildman–Crippen LogP) is 2.76. The molecule has 2 aromatic rings. The van der Waals surface area contributed by atoms with E-state index in [9.17, 15) is 0 Å². The average Bonchev–Trinajstić information content (AvgIpc) is 2.44. The molecule has 0 radical (unpaired) electrons. The first-order valence-electron chi connectivity index (χ1n) is 6.71. The van der Waals surface area contributed by atoms with E-state index in [1.54, 1.807) is 4.09 Å². The van der Waals surface area contributed by atoms with Gasteiger partial charge in [0.05, 0.1) is 0 Å². The van der Waals surface area contributed by atoms with E-state index in [2.05, 4.69) is 85.3 Å². The van der Waals surface area contributed by atoms with Gasteiger partial charge in [0, 0.05) is 0 Å². The first kappa shape index (κ1) is 15.8. The summed E-state index contributed by atoms with van der Waals surface area (Å²) in [5.41, 5.74) is 0. The molecule has 0 saturated heterocycles. The Morgan fingerprint density at radius 2 is 1.30 bits per heavy atom. The fourth-order valence-corrected chi connectivity index (χ4v) is 10.8. The van der Waals surface area contributed by atoms with Crippen LogP contribution < -0.4 is 8.92 Å². The van der Waals surface area contributed by atoms with Gasteiger partial charge in [-0.1, -0.05) is 0 Å². The van der Waals surface area contributed by atoms with E-state index in [0.717, 1.165) is 0 Å². The van der Waals surface area contributed by atoms with E-state index in [1.807, 2.05) is 0 Å². The van der Waals surface area contributed by atoms with Crippen LogP contribution in [0, 0.1) is 0 Å². The van der Waals surface area contributed by atoms with Gasteiger partial charge in [0.1, 0.15) is 0 Å². The summed E-state index contributed by atoms with van der Waals surface area (Å²) in [7, 11) is -1.22. The van der Waals surface area contributed by atoms with Crippen LogP contribution in [0.2, 0.25) is 19.6 Å². The van der Waals surface area contributed by atoms with Crippen LogP contribution in [0.3, 0.4) is 0 Å². The molecule has 0 saturated carbocycles. The van der Waals surface area contributed by atoms with Crippen LogP contribution in [-0.4, -0.2) is 38.0 Å². The molecule has 2 aromatic carbocycles. The number of hydrogen-bond donors (Lipinski definition) is 0. The molecule has 0 unspecified atom stereocenters. The normalized spacial score (nSPS) is 12.4. The van der Waals surface area contributed by atoms with Gasteiger partial charge in [-0.2, -0.15) is 0 Å². The third-order valence-electron chi connectivity index (χ3n) is 2.76. The molecule has 0 nitrogen and oxygen atoms in total. The maximum atomic E-state index is 2.56. The van der Waals surface area contributed by atoms with Gasteiger partial charge in [0.2, 0.25) is 0 Å². The Bertz CT molecular complexity index is 557. The van der Waals surface area contributed by atoms with Gasteiger partial charge in [-0.15, -0.1) is 0 Å². The Morgan fingerprint density at radius 3 is 1.80 bits per heavy atom. The molecule has 0 amide bonds. The molecule has 20 heavy (non-hydrogen) atoms. The van der Waals surface area contributed by atoms with E-state index in [-0.39, 0.29) is 0 Å². The Balaban J connectivity index is 2.16. The second-order valence-electron chi connectivity index (χ2n) is 5.58. The van der Waals surface area contributed by atoms with Crippen LogP contribution in [0.4, 0.5) is 0 Å². The summed E-state index contributed by atoms with van der Waals surface area (Å²) in [6.45, 7) is 7.39. The van der Waals surface area contributed by atoms with Crippen LogP contribution in [-0.2, 0) is 0 Å². The van der Waals surface area contributed by atoms with Crippen LogP contribution >= 0.6 is 0 Å². The summed E-state index contributed by atoms with van der Waals surface area (Å²) in [6.07, 6.45) is 0. The second-order valence-corrected chi connectivity index (χ2v) is 15.7. The number of benzene rings is 2. The summed E-state index contributed by atoms with van der Waals surface area (Å²) in [5, 5.41) is 0. The Morgan fingerprint density at radius 1 is 0.800 bits per heavy atom. The maximum absolute atomic E-state index is 2.56. The number of hydrogen-bond acceptors (Lipinski definition) is 0. The van der Waals surface area contributed by atoms with Crippen molar-refractivity contribution < 1.29 is 0 Å². The van der Waals surface area contributed by atoms with Crippen molar-refractivity contribution in [2.45, 2.75) is 19.6 Å². The molecule has 0 bridgehead atoms. The van der Waals surface area contributed by atoms with Crippen LogP contribution in [0.5, 0.6) is 0 Å². The quantitative estimate of drug-likeness (QED) is 0.666. The third-order valence-corrected chi connectivity index (χ3v) is 13.6. The Kier molecular flexibility index (Phi) is 5.89. The standard InChI is InChI=1S/C17H20Se2Si/c1-20(2,3)17(19-16-12-8-5-9-13-16)14-18-15-10-6-4-7-11-15/h4-14H,1-3H3/b17-14-. The van der Waals surface area contributed by atoms with Crippen molar-refractivity contribution in [2.75, 3.05) is 0 Å². The first-order chi connectivity index (χ1) is 9.55. The Labute approximate surface area is 136 Å². The molecule has 0 N–H and O–H groups in total. The summed E-state index contributed by atoms with van der Waals surface area (Å²) in [6, 6.07) is 21.8. The molecule has 0 atom stereocenters. The van der Waals surface area contributed by atoms with Gasteiger partial charge in [-0.05, 0) is 0 Å². The van der Waals surface area contributed by atoms with Crippen LogP contribution in [0.1, 0.15) is 0 Å². The molecule has 0 aromatic heterocycles. The number of rotatable bonds is 5. The van der Waals surface area contributed by atoms with Gasteiger partial charge in [-0.3, -0.25) is 0 Å². The first-order valence-corrected chi connectivity index (χ1v) is 13.8. The summed E-state index contributed by atoms with van der Waals surface area (Å²) >= 11 is 0.954. The van der Waals surface area contributed by atoms with Crippen LogP contribution in [0.25, 0.3) is 0 Å². The molecule has 0 fully saturated rings. The molecule has 0 aliphatic rings. The van der Waals surface area contributed by atoms with Crippen LogP contribution in [0.15, 0.2) is 69.7 Å².